The Morgan fingerprint density at radius 3 is 1.58 bits per heavy atom. The van der Waals surface area contributed by atoms with E-state index in [1.807, 2.05) is 22.7 Å². The van der Waals surface area contributed by atoms with E-state index in [0.29, 0.717) is 0 Å². The monoisotopic (exact) mass is 784 g/mol. The number of hydrogen-bond donors (Lipinski definition) is 0. The van der Waals surface area contributed by atoms with Crippen molar-refractivity contribution in [2.75, 3.05) is 0 Å². The lowest BCUT2D eigenvalue weighted by Gasteiger charge is -2.23. The first-order valence-corrected chi connectivity index (χ1v) is 22.1. The van der Waals surface area contributed by atoms with Gasteiger partial charge < -0.3 is 0 Å². The Bertz CT molecular complexity index is 3690. The fourth-order valence-corrected chi connectivity index (χ4v) is 12.7. The van der Waals surface area contributed by atoms with E-state index in [1.54, 1.807) is 0 Å². The van der Waals surface area contributed by atoms with Crippen molar-refractivity contribution in [3.8, 4) is 44.5 Å². The van der Waals surface area contributed by atoms with Crippen LogP contribution in [-0.2, 0) is 5.41 Å². The van der Waals surface area contributed by atoms with Crippen molar-refractivity contribution >= 4 is 95.3 Å². The van der Waals surface area contributed by atoms with Gasteiger partial charge in [-0.3, -0.25) is 0 Å². The molecule has 0 unspecified atom stereocenters. The number of fused-ring (bicyclic) bond motifs is 13. The Morgan fingerprint density at radius 1 is 0.322 bits per heavy atom. The summed E-state index contributed by atoms with van der Waals surface area (Å²) in [7, 11) is 0. The number of benzene rings is 10. The van der Waals surface area contributed by atoms with Crippen molar-refractivity contribution in [1.29, 1.82) is 0 Å². The first-order valence-electron chi connectivity index (χ1n) is 20.5. The van der Waals surface area contributed by atoms with Crippen molar-refractivity contribution in [2.45, 2.75) is 19.3 Å². The maximum atomic E-state index is 2.49. The van der Waals surface area contributed by atoms with Gasteiger partial charge in [0.15, 0.2) is 0 Å². The second kappa shape index (κ2) is 12.2. The van der Waals surface area contributed by atoms with E-state index in [9.17, 15) is 0 Å². The third-order valence-corrected chi connectivity index (χ3v) is 15.6. The topological polar surface area (TPSA) is 0 Å². The largest absolute Gasteiger partial charge is 0.135 e. The molecule has 2 aromatic heterocycles. The molecule has 0 saturated carbocycles. The molecule has 0 spiro atoms. The molecule has 2 heterocycles. The SMILES string of the molecule is CC1(C)c2cc(-c3ccc4sc5cc6c(ccc7c8ccccc8sc67)cc5c4c3)ccc2-c2ccc(-c3c4ccccc4c(-c4ccccc4)c4ccccc34)cc21. The van der Waals surface area contributed by atoms with Crippen LogP contribution < -0.4 is 0 Å². The van der Waals surface area contributed by atoms with Crippen molar-refractivity contribution in [3.63, 3.8) is 0 Å². The van der Waals surface area contributed by atoms with Crippen LogP contribution in [0.4, 0.5) is 0 Å². The van der Waals surface area contributed by atoms with Gasteiger partial charge in [-0.05, 0) is 125 Å². The van der Waals surface area contributed by atoms with Gasteiger partial charge in [0.2, 0.25) is 0 Å². The fraction of sp³-hybridized carbons (Fsp3) is 0.0526. The first-order chi connectivity index (χ1) is 29.0. The third-order valence-electron chi connectivity index (χ3n) is 13.2. The Kier molecular flexibility index (Phi) is 6.92. The summed E-state index contributed by atoms with van der Waals surface area (Å²) in [5, 5.41) is 13.2. The molecule has 0 atom stereocenters. The lowest BCUT2D eigenvalue weighted by Crippen LogP contribution is -2.15. The van der Waals surface area contributed by atoms with Crippen LogP contribution in [0.3, 0.4) is 0 Å². The number of thiophene rings is 2. The van der Waals surface area contributed by atoms with Gasteiger partial charge in [-0.15, -0.1) is 22.7 Å². The summed E-state index contributed by atoms with van der Waals surface area (Å²) in [6, 6.07) is 68.6. The maximum Gasteiger partial charge on any atom is 0.0434 e. The van der Waals surface area contributed by atoms with Crippen LogP contribution in [0.5, 0.6) is 0 Å². The normalized spacial score (nSPS) is 13.4. The van der Waals surface area contributed by atoms with Gasteiger partial charge in [0.05, 0.1) is 0 Å². The molecule has 0 bridgehead atoms. The van der Waals surface area contributed by atoms with Gasteiger partial charge in [0, 0.05) is 51.1 Å². The van der Waals surface area contributed by atoms with Gasteiger partial charge in [0.1, 0.15) is 0 Å². The molecule has 0 amide bonds. The molecule has 59 heavy (non-hydrogen) atoms. The van der Waals surface area contributed by atoms with Crippen LogP contribution in [0.25, 0.3) is 117 Å². The minimum atomic E-state index is -0.164. The summed E-state index contributed by atoms with van der Waals surface area (Å²) in [6.45, 7) is 4.82. The molecule has 12 aromatic rings. The third kappa shape index (κ3) is 4.76. The van der Waals surface area contributed by atoms with E-state index in [1.165, 1.54) is 128 Å². The summed E-state index contributed by atoms with van der Waals surface area (Å²) in [5.74, 6) is 0. The van der Waals surface area contributed by atoms with Gasteiger partial charge in [-0.25, -0.2) is 0 Å². The highest BCUT2D eigenvalue weighted by atomic mass is 32.1. The Hall–Kier alpha value is -6.58. The van der Waals surface area contributed by atoms with Crippen LogP contribution in [0.15, 0.2) is 182 Å². The van der Waals surface area contributed by atoms with Gasteiger partial charge in [-0.2, -0.15) is 0 Å². The Balaban J connectivity index is 0.922. The highest BCUT2D eigenvalue weighted by molar-refractivity contribution is 7.27. The molecule has 13 rings (SSSR count). The minimum Gasteiger partial charge on any atom is -0.135 e. The van der Waals surface area contributed by atoms with E-state index in [4.69, 9.17) is 0 Å². The second-order valence-corrected chi connectivity index (χ2v) is 18.9. The second-order valence-electron chi connectivity index (χ2n) is 16.8. The molecule has 10 aromatic carbocycles. The van der Waals surface area contributed by atoms with Crippen LogP contribution in [-0.4, -0.2) is 0 Å². The van der Waals surface area contributed by atoms with E-state index in [-0.39, 0.29) is 5.41 Å². The zero-order valence-electron chi connectivity index (χ0n) is 32.6. The zero-order valence-corrected chi connectivity index (χ0v) is 34.3. The molecule has 0 nitrogen and oxygen atoms in total. The lowest BCUT2D eigenvalue weighted by molar-refractivity contribution is 0.661. The predicted molar refractivity (Wildman–Crippen MR) is 259 cm³/mol. The quantitative estimate of drug-likeness (QED) is 0.157. The standard InChI is InChI=1S/C57H36S2/c1-57(2)49-30-35(34-23-27-52-47(28-34)48-29-36-21-26-45-40-14-10-11-19-51(40)59-56(45)46(36)32-53(48)58-52)20-24-38(49)39-25-22-37(31-50(39)57)55-43-17-8-6-15-41(43)54(33-12-4-3-5-13-33)42-16-7-9-18-44(42)55/h3-32H,1-2H3. The van der Waals surface area contributed by atoms with E-state index < -0.39 is 0 Å². The smallest absolute Gasteiger partial charge is 0.0434 e. The first kappa shape index (κ1) is 33.4. The number of rotatable bonds is 3. The average Bonchev–Trinajstić information content (AvgIpc) is 3.91. The van der Waals surface area contributed by atoms with Gasteiger partial charge >= 0.3 is 0 Å². The average molecular weight is 785 g/mol. The molecule has 0 saturated heterocycles. The molecule has 0 radical (unpaired) electrons. The Labute approximate surface area is 350 Å². The summed E-state index contributed by atoms with van der Waals surface area (Å²) in [4.78, 5) is 0. The summed E-state index contributed by atoms with van der Waals surface area (Å²) in [5.41, 5.74) is 13.0. The van der Waals surface area contributed by atoms with E-state index in [0.717, 1.165) is 0 Å². The molecule has 1 aliphatic carbocycles. The number of hydrogen-bond acceptors (Lipinski definition) is 2. The van der Waals surface area contributed by atoms with Crippen LogP contribution in [0, 0.1) is 0 Å². The molecular formula is C57H36S2. The van der Waals surface area contributed by atoms with E-state index in [2.05, 4.69) is 196 Å². The van der Waals surface area contributed by atoms with Crippen molar-refractivity contribution in [1.82, 2.24) is 0 Å². The molecule has 0 aliphatic heterocycles. The van der Waals surface area contributed by atoms with Crippen molar-refractivity contribution in [3.05, 3.63) is 193 Å². The maximum absolute atomic E-state index is 2.49. The van der Waals surface area contributed by atoms with Crippen LogP contribution in [0.1, 0.15) is 25.0 Å². The highest BCUT2D eigenvalue weighted by Gasteiger charge is 2.36. The zero-order chi connectivity index (χ0) is 39.0. The molecule has 0 fully saturated rings. The highest BCUT2D eigenvalue weighted by Crippen LogP contribution is 2.52. The molecule has 1 aliphatic rings. The van der Waals surface area contributed by atoms with Crippen LogP contribution >= 0.6 is 22.7 Å². The lowest BCUT2D eigenvalue weighted by atomic mass is 9.80. The molecule has 2 heteroatoms. The molecular weight excluding hydrogens is 749 g/mol. The minimum absolute atomic E-state index is 0.164. The van der Waals surface area contributed by atoms with E-state index >= 15 is 0 Å². The molecule has 0 N–H and O–H groups in total. The Morgan fingerprint density at radius 2 is 0.864 bits per heavy atom. The summed E-state index contributed by atoms with van der Waals surface area (Å²) in [6.07, 6.45) is 0. The summed E-state index contributed by atoms with van der Waals surface area (Å²) < 4.78 is 5.43. The van der Waals surface area contributed by atoms with Gasteiger partial charge in [-0.1, -0.05) is 153 Å². The van der Waals surface area contributed by atoms with Crippen molar-refractivity contribution in [2.24, 2.45) is 0 Å². The fourth-order valence-electron chi connectivity index (χ4n) is 10.4. The summed E-state index contributed by atoms with van der Waals surface area (Å²) >= 11 is 3.83. The predicted octanol–water partition coefficient (Wildman–Crippen LogP) is 17.2. The molecule has 276 valence electrons. The van der Waals surface area contributed by atoms with Gasteiger partial charge in [0.25, 0.3) is 0 Å². The van der Waals surface area contributed by atoms with Crippen molar-refractivity contribution < 1.29 is 0 Å². The van der Waals surface area contributed by atoms with Crippen LogP contribution in [0.2, 0.25) is 0 Å².